The Labute approximate surface area is 149 Å². The average Bonchev–Trinajstić information content (AvgIpc) is 3.11. The summed E-state index contributed by atoms with van der Waals surface area (Å²) in [6.07, 6.45) is 1.58. The van der Waals surface area contributed by atoms with Crippen LogP contribution < -0.4 is 9.47 Å². The minimum atomic E-state index is -0.160. The number of rotatable bonds is 8. The van der Waals surface area contributed by atoms with E-state index in [0.29, 0.717) is 47.0 Å². The van der Waals surface area contributed by atoms with Crippen molar-refractivity contribution in [1.29, 1.82) is 0 Å². The van der Waals surface area contributed by atoms with E-state index in [-0.39, 0.29) is 5.91 Å². The maximum Gasteiger partial charge on any atom is 0.254 e. The smallest absolute Gasteiger partial charge is 0.254 e. The first-order valence-electron chi connectivity index (χ1n) is 7.32. The molecule has 1 heterocycles. The molecule has 1 aromatic heterocycles. The minimum Gasteiger partial charge on any atom is -0.495 e. The van der Waals surface area contributed by atoms with E-state index in [1.807, 2.05) is 6.07 Å². The van der Waals surface area contributed by atoms with Crippen molar-refractivity contribution in [2.45, 2.75) is 6.54 Å². The Hall–Kier alpha value is -1.99. The van der Waals surface area contributed by atoms with Gasteiger partial charge in [-0.2, -0.15) is 0 Å². The highest BCUT2D eigenvalue weighted by molar-refractivity contribution is 9.10. The second kappa shape index (κ2) is 8.75. The van der Waals surface area contributed by atoms with Gasteiger partial charge in [0.1, 0.15) is 21.7 Å². The van der Waals surface area contributed by atoms with Crippen LogP contribution in [-0.2, 0) is 11.3 Å². The van der Waals surface area contributed by atoms with E-state index in [9.17, 15) is 4.79 Å². The maximum absolute atomic E-state index is 12.9. The van der Waals surface area contributed by atoms with Crippen molar-refractivity contribution < 1.29 is 23.4 Å². The predicted molar refractivity (Wildman–Crippen MR) is 92.6 cm³/mol. The van der Waals surface area contributed by atoms with Crippen molar-refractivity contribution in [3.8, 4) is 11.5 Å². The zero-order valence-corrected chi connectivity index (χ0v) is 15.5. The van der Waals surface area contributed by atoms with Gasteiger partial charge in [-0.15, -0.1) is 0 Å². The molecule has 24 heavy (non-hydrogen) atoms. The third-order valence-corrected chi connectivity index (χ3v) is 4.25. The molecule has 0 N–H and O–H groups in total. The number of carbonyl (C=O) groups is 1. The summed E-state index contributed by atoms with van der Waals surface area (Å²) in [4.78, 5) is 14.6. The molecule has 0 aliphatic carbocycles. The molecular formula is C17H20BrNO5. The first-order valence-corrected chi connectivity index (χ1v) is 8.12. The quantitative estimate of drug-likeness (QED) is 0.683. The number of carbonyl (C=O) groups excluding carboxylic acids is 1. The van der Waals surface area contributed by atoms with Crippen LogP contribution in [0, 0.1) is 0 Å². The summed E-state index contributed by atoms with van der Waals surface area (Å²) in [5.41, 5.74) is 0.467. The molecule has 0 saturated carbocycles. The Morgan fingerprint density at radius 2 is 1.88 bits per heavy atom. The molecule has 0 radical (unpaired) electrons. The van der Waals surface area contributed by atoms with Gasteiger partial charge in [0.25, 0.3) is 5.91 Å². The van der Waals surface area contributed by atoms with Crippen molar-refractivity contribution in [3.63, 3.8) is 0 Å². The van der Waals surface area contributed by atoms with Crippen LogP contribution in [0.4, 0.5) is 0 Å². The number of nitrogens with zero attached hydrogens (tertiary/aromatic N) is 1. The second-order valence-electron chi connectivity index (χ2n) is 4.99. The van der Waals surface area contributed by atoms with Gasteiger partial charge in [-0.25, -0.2) is 0 Å². The maximum atomic E-state index is 12.9. The number of furan rings is 1. The molecule has 2 aromatic rings. The third kappa shape index (κ3) is 4.30. The van der Waals surface area contributed by atoms with E-state index in [4.69, 9.17) is 18.6 Å². The Balaban J connectivity index is 2.30. The largest absolute Gasteiger partial charge is 0.495 e. The predicted octanol–water partition coefficient (Wildman–Crippen LogP) is 3.35. The Kier molecular flexibility index (Phi) is 6.69. The van der Waals surface area contributed by atoms with E-state index in [1.165, 1.54) is 0 Å². The van der Waals surface area contributed by atoms with Gasteiger partial charge in [-0.1, -0.05) is 0 Å². The average molecular weight is 398 g/mol. The van der Waals surface area contributed by atoms with Gasteiger partial charge in [0.05, 0.1) is 33.6 Å². The van der Waals surface area contributed by atoms with Crippen LogP contribution in [0.25, 0.3) is 0 Å². The van der Waals surface area contributed by atoms with Gasteiger partial charge in [-0.3, -0.25) is 4.79 Å². The van der Waals surface area contributed by atoms with Gasteiger partial charge in [0, 0.05) is 19.2 Å². The molecule has 0 fully saturated rings. The molecule has 0 unspecified atom stereocenters. The summed E-state index contributed by atoms with van der Waals surface area (Å²) in [5.74, 6) is 1.60. The lowest BCUT2D eigenvalue weighted by molar-refractivity contribution is 0.0666. The van der Waals surface area contributed by atoms with Crippen LogP contribution in [0.2, 0.25) is 0 Å². The molecule has 2 rings (SSSR count). The zero-order chi connectivity index (χ0) is 17.5. The summed E-state index contributed by atoms with van der Waals surface area (Å²) in [5, 5.41) is 0. The highest BCUT2D eigenvalue weighted by atomic mass is 79.9. The first-order chi connectivity index (χ1) is 11.6. The van der Waals surface area contributed by atoms with Crippen molar-refractivity contribution >= 4 is 21.8 Å². The lowest BCUT2D eigenvalue weighted by Crippen LogP contribution is -2.33. The number of methoxy groups -OCH3 is 3. The number of halogens is 1. The monoisotopic (exact) mass is 397 g/mol. The Morgan fingerprint density at radius 1 is 1.21 bits per heavy atom. The number of amides is 1. The van der Waals surface area contributed by atoms with Gasteiger partial charge >= 0.3 is 0 Å². The molecule has 0 spiro atoms. The van der Waals surface area contributed by atoms with Crippen molar-refractivity contribution in [3.05, 3.63) is 46.3 Å². The lowest BCUT2D eigenvalue weighted by Gasteiger charge is -2.22. The topological polar surface area (TPSA) is 61.1 Å². The number of hydrogen-bond acceptors (Lipinski definition) is 5. The minimum absolute atomic E-state index is 0.160. The fourth-order valence-corrected chi connectivity index (χ4v) is 2.77. The molecule has 0 bridgehead atoms. The molecule has 130 valence electrons. The van der Waals surface area contributed by atoms with E-state index in [2.05, 4.69) is 15.9 Å². The summed E-state index contributed by atoms with van der Waals surface area (Å²) in [6, 6.07) is 6.98. The SMILES string of the molecule is COCCN(Cc1ccco1)C(=O)c1cc(OC)c(Br)c(OC)c1. The summed E-state index contributed by atoms with van der Waals surface area (Å²) in [7, 11) is 4.68. The Morgan fingerprint density at radius 3 is 2.38 bits per heavy atom. The van der Waals surface area contributed by atoms with Gasteiger partial charge in [0.2, 0.25) is 0 Å². The van der Waals surface area contributed by atoms with E-state index in [1.54, 1.807) is 50.7 Å². The Bertz CT molecular complexity index is 647. The van der Waals surface area contributed by atoms with E-state index >= 15 is 0 Å². The zero-order valence-electron chi connectivity index (χ0n) is 13.9. The molecule has 0 aliphatic heterocycles. The van der Waals surface area contributed by atoms with Crippen LogP contribution in [0.5, 0.6) is 11.5 Å². The van der Waals surface area contributed by atoms with Crippen molar-refractivity contribution in [2.24, 2.45) is 0 Å². The molecule has 7 heteroatoms. The van der Waals surface area contributed by atoms with E-state index in [0.717, 1.165) is 0 Å². The number of hydrogen-bond donors (Lipinski definition) is 0. The van der Waals surface area contributed by atoms with Crippen LogP contribution in [-0.4, -0.2) is 45.3 Å². The number of benzene rings is 1. The van der Waals surface area contributed by atoms with Crippen LogP contribution in [0.3, 0.4) is 0 Å². The molecule has 1 aromatic carbocycles. The fraction of sp³-hybridized carbons (Fsp3) is 0.353. The molecule has 6 nitrogen and oxygen atoms in total. The first kappa shape index (κ1) is 18.4. The molecule has 0 aliphatic rings. The number of ether oxygens (including phenoxy) is 3. The van der Waals surface area contributed by atoms with Gasteiger partial charge in [0.15, 0.2) is 0 Å². The molecular weight excluding hydrogens is 378 g/mol. The fourth-order valence-electron chi connectivity index (χ4n) is 2.22. The summed E-state index contributed by atoms with van der Waals surface area (Å²) < 4.78 is 21.7. The van der Waals surface area contributed by atoms with Crippen LogP contribution in [0.15, 0.2) is 39.4 Å². The van der Waals surface area contributed by atoms with Crippen LogP contribution in [0.1, 0.15) is 16.1 Å². The second-order valence-corrected chi connectivity index (χ2v) is 5.79. The van der Waals surface area contributed by atoms with Gasteiger partial charge < -0.3 is 23.5 Å². The van der Waals surface area contributed by atoms with Crippen molar-refractivity contribution in [2.75, 3.05) is 34.5 Å². The highest BCUT2D eigenvalue weighted by Gasteiger charge is 2.20. The standard InChI is InChI=1S/C17H20BrNO5/c1-21-8-6-19(11-13-5-4-7-24-13)17(20)12-9-14(22-2)16(18)15(10-12)23-3/h4-5,7,9-10H,6,8,11H2,1-3H3. The molecule has 1 amide bonds. The lowest BCUT2D eigenvalue weighted by atomic mass is 10.1. The third-order valence-electron chi connectivity index (χ3n) is 3.47. The van der Waals surface area contributed by atoms with Crippen LogP contribution >= 0.6 is 15.9 Å². The molecule has 0 saturated heterocycles. The normalized spacial score (nSPS) is 10.5. The molecule has 0 atom stereocenters. The van der Waals surface area contributed by atoms with Gasteiger partial charge in [-0.05, 0) is 40.2 Å². The highest BCUT2D eigenvalue weighted by Crippen LogP contribution is 2.36. The summed E-state index contributed by atoms with van der Waals surface area (Å²) in [6.45, 7) is 1.23. The summed E-state index contributed by atoms with van der Waals surface area (Å²) >= 11 is 3.40. The van der Waals surface area contributed by atoms with Crippen molar-refractivity contribution in [1.82, 2.24) is 4.90 Å². The van der Waals surface area contributed by atoms with E-state index < -0.39 is 0 Å².